The van der Waals surface area contributed by atoms with Gasteiger partial charge in [-0.2, -0.15) is 0 Å². The minimum atomic E-state index is 0.612. The fourth-order valence-corrected chi connectivity index (χ4v) is 3.17. The van der Waals surface area contributed by atoms with Crippen molar-refractivity contribution in [1.29, 1.82) is 0 Å². The molecule has 0 bridgehead atoms. The van der Waals surface area contributed by atoms with Gasteiger partial charge in [0.25, 0.3) is 0 Å². The molecule has 0 aliphatic heterocycles. The largest absolute Gasteiger partial charge is 0.453 e. The number of rotatable bonds is 7. The summed E-state index contributed by atoms with van der Waals surface area (Å²) in [5.74, 6) is 2.17. The second-order valence-corrected chi connectivity index (χ2v) is 7.00. The van der Waals surface area contributed by atoms with E-state index < -0.39 is 0 Å². The molecule has 27 heavy (non-hydrogen) atoms. The van der Waals surface area contributed by atoms with E-state index >= 15 is 0 Å². The van der Waals surface area contributed by atoms with Crippen LogP contribution in [0.25, 0.3) is 33.5 Å². The van der Waals surface area contributed by atoms with Gasteiger partial charge >= 0.3 is 0 Å². The van der Waals surface area contributed by atoms with Crippen molar-refractivity contribution in [3.05, 3.63) is 54.6 Å². The summed E-state index contributed by atoms with van der Waals surface area (Å²) in [6.45, 7) is 1.98. The van der Waals surface area contributed by atoms with Crippen molar-refractivity contribution in [2.45, 2.75) is 12.8 Å². The SMILES string of the molecule is CN(C)CCCCNc1nc(-c2cc3ccccc3o2)nc2ccccc12. The highest BCUT2D eigenvalue weighted by atomic mass is 16.3. The van der Waals surface area contributed by atoms with E-state index in [2.05, 4.69) is 30.4 Å². The maximum atomic E-state index is 5.97. The number of nitrogens with one attached hydrogen (secondary N) is 1. The number of benzene rings is 2. The highest BCUT2D eigenvalue weighted by Gasteiger charge is 2.13. The topological polar surface area (TPSA) is 54.2 Å². The number of furan rings is 1. The first-order valence-electron chi connectivity index (χ1n) is 9.35. The van der Waals surface area contributed by atoms with E-state index in [1.165, 1.54) is 0 Å². The van der Waals surface area contributed by atoms with Crippen LogP contribution in [0.15, 0.2) is 59.0 Å². The average molecular weight is 360 g/mol. The number of hydrogen-bond donors (Lipinski definition) is 1. The van der Waals surface area contributed by atoms with Crippen LogP contribution < -0.4 is 5.32 Å². The van der Waals surface area contributed by atoms with Gasteiger partial charge < -0.3 is 14.6 Å². The zero-order valence-corrected chi connectivity index (χ0v) is 15.8. The van der Waals surface area contributed by atoms with Crippen LogP contribution in [0.1, 0.15) is 12.8 Å². The molecule has 138 valence electrons. The molecular formula is C22H24N4O. The maximum absolute atomic E-state index is 5.97. The van der Waals surface area contributed by atoms with Crippen molar-refractivity contribution < 1.29 is 4.42 Å². The summed E-state index contributed by atoms with van der Waals surface area (Å²) < 4.78 is 5.97. The molecule has 0 radical (unpaired) electrons. The van der Waals surface area contributed by atoms with Gasteiger partial charge in [0.05, 0.1) is 5.52 Å². The van der Waals surface area contributed by atoms with E-state index in [-0.39, 0.29) is 0 Å². The first-order valence-corrected chi connectivity index (χ1v) is 9.35. The molecule has 4 aromatic rings. The molecular weight excluding hydrogens is 336 g/mol. The Morgan fingerprint density at radius 1 is 0.963 bits per heavy atom. The molecule has 0 aliphatic rings. The minimum absolute atomic E-state index is 0.612. The highest BCUT2D eigenvalue weighted by molar-refractivity contribution is 5.91. The molecule has 0 aliphatic carbocycles. The third-order valence-electron chi connectivity index (χ3n) is 4.57. The van der Waals surface area contributed by atoms with Crippen LogP contribution in [0.4, 0.5) is 5.82 Å². The maximum Gasteiger partial charge on any atom is 0.198 e. The molecule has 5 nitrogen and oxygen atoms in total. The lowest BCUT2D eigenvalue weighted by atomic mass is 10.2. The lowest BCUT2D eigenvalue weighted by Gasteiger charge is -2.11. The summed E-state index contributed by atoms with van der Waals surface area (Å²) in [7, 11) is 4.20. The monoisotopic (exact) mass is 360 g/mol. The Balaban J connectivity index is 1.63. The van der Waals surface area contributed by atoms with E-state index in [0.717, 1.165) is 53.6 Å². The predicted molar refractivity (Wildman–Crippen MR) is 111 cm³/mol. The average Bonchev–Trinajstić information content (AvgIpc) is 3.11. The van der Waals surface area contributed by atoms with Gasteiger partial charge in [0, 0.05) is 17.3 Å². The fraction of sp³-hybridized carbons (Fsp3) is 0.273. The van der Waals surface area contributed by atoms with Crippen LogP contribution in [0, 0.1) is 0 Å². The first-order chi connectivity index (χ1) is 13.2. The van der Waals surface area contributed by atoms with Crippen LogP contribution in [-0.4, -0.2) is 42.1 Å². The summed E-state index contributed by atoms with van der Waals surface area (Å²) in [6.07, 6.45) is 2.25. The standard InChI is InChI=1S/C22H24N4O/c1-26(2)14-8-7-13-23-21-17-10-4-5-11-18(17)24-22(25-21)20-15-16-9-3-6-12-19(16)27-20/h3-6,9-12,15H,7-8,13-14H2,1-2H3,(H,23,24,25). The third kappa shape index (κ3) is 3.93. The number of unbranched alkanes of at least 4 members (excludes halogenated alkanes) is 1. The van der Waals surface area contributed by atoms with E-state index in [4.69, 9.17) is 14.4 Å². The van der Waals surface area contributed by atoms with Crippen molar-refractivity contribution in [3.63, 3.8) is 0 Å². The van der Waals surface area contributed by atoms with Crippen molar-refractivity contribution in [3.8, 4) is 11.6 Å². The molecule has 4 rings (SSSR count). The molecule has 0 fully saturated rings. The van der Waals surface area contributed by atoms with Crippen molar-refractivity contribution >= 4 is 27.7 Å². The van der Waals surface area contributed by atoms with Gasteiger partial charge in [-0.25, -0.2) is 9.97 Å². The summed E-state index contributed by atoms with van der Waals surface area (Å²) in [5, 5.41) is 5.58. The van der Waals surface area contributed by atoms with Crippen LogP contribution in [0.2, 0.25) is 0 Å². The van der Waals surface area contributed by atoms with Crippen molar-refractivity contribution in [1.82, 2.24) is 14.9 Å². The summed E-state index contributed by atoms with van der Waals surface area (Å²) in [6, 6.07) is 18.1. The van der Waals surface area contributed by atoms with E-state index in [1.54, 1.807) is 0 Å². The predicted octanol–water partition coefficient (Wildman–Crippen LogP) is 4.80. The Morgan fingerprint density at radius 3 is 2.63 bits per heavy atom. The lowest BCUT2D eigenvalue weighted by molar-refractivity contribution is 0.396. The van der Waals surface area contributed by atoms with Crippen molar-refractivity contribution in [2.24, 2.45) is 0 Å². The molecule has 0 spiro atoms. The number of aromatic nitrogens is 2. The second-order valence-electron chi connectivity index (χ2n) is 7.00. The quantitative estimate of drug-likeness (QED) is 0.480. The summed E-state index contributed by atoms with van der Waals surface area (Å²) in [4.78, 5) is 11.7. The Hall–Kier alpha value is -2.92. The molecule has 5 heteroatoms. The zero-order chi connectivity index (χ0) is 18.6. The van der Waals surface area contributed by atoms with Gasteiger partial charge in [0.1, 0.15) is 11.4 Å². The Morgan fingerprint density at radius 2 is 1.78 bits per heavy atom. The molecule has 2 aromatic carbocycles. The van der Waals surface area contributed by atoms with Gasteiger partial charge in [0.2, 0.25) is 0 Å². The van der Waals surface area contributed by atoms with E-state index in [9.17, 15) is 0 Å². The molecule has 1 N–H and O–H groups in total. The molecule has 2 heterocycles. The number of hydrogen-bond acceptors (Lipinski definition) is 5. The van der Waals surface area contributed by atoms with E-state index in [0.29, 0.717) is 11.6 Å². The number of para-hydroxylation sites is 2. The summed E-state index contributed by atoms with van der Waals surface area (Å²) in [5.41, 5.74) is 1.77. The molecule has 0 atom stereocenters. The Bertz CT molecular complexity index is 1020. The minimum Gasteiger partial charge on any atom is -0.453 e. The molecule has 0 unspecified atom stereocenters. The lowest BCUT2D eigenvalue weighted by Crippen LogP contribution is -2.14. The molecule has 2 aromatic heterocycles. The zero-order valence-electron chi connectivity index (χ0n) is 15.8. The van der Waals surface area contributed by atoms with Crippen LogP contribution in [0.5, 0.6) is 0 Å². The Labute approximate surface area is 159 Å². The Kier molecular flexibility index (Phi) is 5.03. The highest BCUT2D eigenvalue weighted by Crippen LogP contribution is 2.29. The first kappa shape index (κ1) is 17.5. The number of nitrogens with zero attached hydrogens (tertiary/aromatic N) is 3. The van der Waals surface area contributed by atoms with Crippen LogP contribution >= 0.6 is 0 Å². The van der Waals surface area contributed by atoms with Gasteiger partial charge in [-0.3, -0.25) is 0 Å². The van der Waals surface area contributed by atoms with Gasteiger partial charge in [-0.05, 0) is 57.7 Å². The van der Waals surface area contributed by atoms with Gasteiger partial charge in [0.15, 0.2) is 11.6 Å². The van der Waals surface area contributed by atoms with Crippen LogP contribution in [0.3, 0.4) is 0 Å². The fourth-order valence-electron chi connectivity index (χ4n) is 3.17. The second kappa shape index (κ2) is 7.76. The summed E-state index contributed by atoms with van der Waals surface area (Å²) >= 11 is 0. The normalized spacial score (nSPS) is 11.5. The molecule has 0 amide bonds. The smallest absolute Gasteiger partial charge is 0.198 e. The van der Waals surface area contributed by atoms with Gasteiger partial charge in [-0.15, -0.1) is 0 Å². The van der Waals surface area contributed by atoms with Crippen LogP contribution in [-0.2, 0) is 0 Å². The number of anilines is 1. The molecule has 0 saturated heterocycles. The molecule has 0 saturated carbocycles. The number of fused-ring (bicyclic) bond motifs is 2. The third-order valence-corrected chi connectivity index (χ3v) is 4.57. The van der Waals surface area contributed by atoms with Gasteiger partial charge in [-0.1, -0.05) is 30.3 Å². The van der Waals surface area contributed by atoms with Crippen molar-refractivity contribution in [2.75, 3.05) is 32.5 Å². The van der Waals surface area contributed by atoms with E-state index in [1.807, 2.05) is 48.5 Å².